The minimum atomic E-state index is -0.258. The molecule has 3 rings (SSSR count). The fourth-order valence-corrected chi connectivity index (χ4v) is 2.85. The van der Waals surface area contributed by atoms with Crippen LogP contribution < -0.4 is 10.1 Å². The molecular formula is C14H12BrFN2O. The van der Waals surface area contributed by atoms with E-state index < -0.39 is 0 Å². The number of hydrogen-bond donors (Lipinski definition) is 2. The number of fused-ring (bicyclic) bond motifs is 1. The van der Waals surface area contributed by atoms with Crippen molar-refractivity contribution in [3.63, 3.8) is 0 Å². The Hall–Kier alpha value is -1.75. The van der Waals surface area contributed by atoms with E-state index in [2.05, 4.69) is 26.2 Å². The first kappa shape index (κ1) is 12.3. The highest BCUT2D eigenvalue weighted by molar-refractivity contribution is 9.10. The van der Waals surface area contributed by atoms with Crippen molar-refractivity contribution in [1.82, 2.24) is 4.98 Å². The molecule has 0 atom stereocenters. The summed E-state index contributed by atoms with van der Waals surface area (Å²) in [4.78, 5) is 3.11. The molecule has 0 amide bonds. The van der Waals surface area contributed by atoms with Gasteiger partial charge in [-0.1, -0.05) is 0 Å². The molecule has 0 unspecified atom stereocenters. The van der Waals surface area contributed by atoms with Crippen molar-refractivity contribution in [3.8, 4) is 5.75 Å². The Morgan fingerprint density at radius 2 is 2.21 bits per heavy atom. The van der Waals surface area contributed by atoms with Gasteiger partial charge in [0, 0.05) is 24.0 Å². The van der Waals surface area contributed by atoms with Crippen LogP contribution in [-0.2, 0) is 0 Å². The van der Waals surface area contributed by atoms with Crippen LogP contribution in [0.25, 0.3) is 11.6 Å². The van der Waals surface area contributed by atoms with Crippen LogP contribution in [0.15, 0.2) is 28.9 Å². The smallest absolute Gasteiger partial charge is 0.143 e. The Morgan fingerprint density at radius 3 is 3.00 bits per heavy atom. The molecule has 2 heterocycles. The lowest BCUT2D eigenvalue weighted by Crippen LogP contribution is -1.92. The molecule has 0 spiro atoms. The minimum absolute atomic E-state index is 0.258. The lowest BCUT2D eigenvalue weighted by atomic mass is 10.1. The van der Waals surface area contributed by atoms with Gasteiger partial charge in [-0.3, -0.25) is 0 Å². The standard InChI is InChI=1S/C14H12BrFN2O/c1-19-12-4-5-17-11(12)6-8-7-18-10-3-2-9(16)14(15)13(8)10/h2-6,17-18H,7H2,1H3/b8-6+. The molecule has 98 valence electrons. The molecule has 0 aliphatic carbocycles. The molecule has 1 aliphatic rings. The van der Waals surface area contributed by atoms with Crippen LogP contribution in [0.3, 0.4) is 0 Å². The summed E-state index contributed by atoms with van der Waals surface area (Å²) in [6.07, 6.45) is 3.79. The first-order chi connectivity index (χ1) is 9.20. The third-order valence-electron chi connectivity index (χ3n) is 3.16. The number of ether oxygens (including phenoxy) is 1. The summed E-state index contributed by atoms with van der Waals surface area (Å²) in [6.45, 7) is 0.666. The van der Waals surface area contributed by atoms with Crippen LogP contribution in [0.5, 0.6) is 5.75 Å². The molecule has 3 nitrogen and oxygen atoms in total. The Labute approximate surface area is 118 Å². The van der Waals surface area contributed by atoms with Crippen molar-refractivity contribution in [1.29, 1.82) is 0 Å². The molecule has 0 saturated carbocycles. The van der Waals surface area contributed by atoms with Gasteiger partial charge in [0.1, 0.15) is 11.6 Å². The van der Waals surface area contributed by atoms with Gasteiger partial charge in [-0.15, -0.1) is 0 Å². The zero-order valence-corrected chi connectivity index (χ0v) is 11.8. The number of methoxy groups -OCH3 is 1. The number of anilines is 1. The zero-order chi connectivity index (χ0) is 13.4. The third kappa shape index (κ3) is 2.04. The van der Waals surface area contributed by atoms with Crippen LogP contribution in [0.2, 0.25) is 0 Å². The number of halogens is 2. The van der Waals surface area contributed by atoms with E-state index in [-0.39, 0.29) is 5.82 Å². The summed E-state index contributed by atoms with van der Waals surface area (Å²) in [5, 5.41) is 3.25. The van der Waals surface area contributed by atoms with Crippen molar-refractivity contribution in [2.45, 2.75) is 0 Å². The number of rotatable bonds is 2. The summed E-state index contributed by atoms with van der Waals surface area (Å²) in [5.41, 5.74) is 3.70. The average molecular weight is 323 g/mol. The second-order valence-corrected chi connectivity index (χ2v) is 5.06. The molecule has 19 heavy (non-hydrogen) atoms. The average Bonchev–Trinajstić information content (AvgIpc) is 3.01. The predicted molar refractivity (Wildman–Crippen MR) is 77.8 cm³/mol. The monoisotopic (exact) mass is 322 g/mol. The molecule has 1 aromatic heterocycles. The van der Waals surface area contributed by atoms with Crippen LogP contribution in [-0.4, -0.2) is 18.6 Å². The van der Waals surface area contributed by atoms with Crippen molar-refractivity contribution in [2.75, 3.05) is 19.0 Å². The summed E-state index contributed by atoms with van der Waals surface area (Å²) < 4.78 is 19.4. The maximum Gasteiger partial charge on any atom is 0.143 e. The summed E-state index contributed by atoms with van der Waals surface area (Å²) in [6, 6.07) is 5.06. The van der Waals surface area contributed by atoms with E-state index in [1.54, 1.807) is 13.2 Å². The van der Waals surface area contributed by atoms with E-state index in [1.807, 2.05) is 18.3 Å². The molecular weight excluding hydrogens is 311 g/mol. The van der Waals surface area contributed by atoms with Gasteiger partial charge in [-0.2, -0.15) is 0 Å². The highest BCUT2D eigenvalue weighted by atomic mass is 79.9. The molecule has 1 aliphatic heterocycles. The van der Waals surface area contributed by atoms with E-state index in [0.717, 1.165) is 28.3 Å². The predicted octanol–water partition coefficient (Wildman–Crippen LogP) is 3.89. The number of H-pyrrole nitrogens is 1. The molecule has 2 aromatic rings. The number of aromatic amines is 1. The van der Waals surface area contributed by atoms with E-state index in [9.17, 15) is 4.39 Å². The van der Waals surface area contributed by atoms with Gasteiger partial charge in [0.15, 0.2) is 0 Å². The second-order valence-electron chi connectivity index (χ2n) is 4.27. The van der Waals surface area contributed by atoms with Crippen LogP contribution in [0, 0.1) is 5.82 Å². The fourth-order valence-electron chi connectivity index (χ4n) is 2.25. The number of nitrogens with one attached hydrogen (secondary N) is 2. The van der Waals surface area contributed by atoms with Crippen LogP contribution in [0.1, 0.15) is 11.3 Å². The molecule has 0 bridgehead atoms. The van der Waals surface area contributed by atoms with E-state index in [1.165, 1.54) is 6.07 Å². The molecule has 0 radical (unpaired) electrons. The molecule has 0 saturated heterocycles. The first-order valence-corrected chi connectivity index (χ1v) is 6.64. The summed E-state index contributed by atoms with van der Waals surface area (Å²) >= 11 is 3.31. The van der Waals surface area contributed by atoms with Gasteiger partial charge >= 0.3 is 0 Å². The van der Waals surface area contributed by atoms with Gasteiger partial charge in [-0.25, -0.2) is 4.39 Å². The van der Waals surface area contributed by atoms with Crippen LogP contribution >= 0.6 is 15.9 Å². The van der Waals surface area contributed by atoms with Gasteiger partial charge < -0.3 is 15.0 Å². The largest absolute Gasteiger partial charge is 0.495 e. The maximum atomic E-state index is 13.6. The van der Waals surface area contributed by atoms with E-state index in [0.29, 0.717) is 11.0 Å². The fraction of sp³-hybridized carbons (Fsp3) is 0.143. The molecule has 5 heteroatoms. The minimum Gasteiger partial charge on any atom is -0.495 e. The maximum absolute atomic E-state index is 13.6. The highest BCUT2D eigenvalue weighted by Crippen LogP contribution is 2.39. The SMILES string of the molecule is COc1cc[nH]c1/C=C1\CNc2ccc(F)c(Br)c21. The quantitative estimate of drug-likeness (QED) is 0.880. The van der Waals surface area contributed by atoms with Crippen LogP contribution in [0.4, 0.5) is 10.1 Å². The second kappa shape index (κ2) is 4.74. The van der Waals surface area contributed by atoms with E-state index >= 15 is 0 Å². The normalized spacial score (nSPS) is 15.4. The Bertz CT molecular complexity index is 663. The lowest BCUT2D eigenvalue weighted by Gasteiger charge is -2.04. The Morgan fingerprint density at radius 1 is 1.37 bits per heavy atom. The van der Waals surface area contributed by atoms with Gasteiger partial charge in [0.2, 0.25) is 0 Å². The molecule has 0 fully saturated rings. The molecule has 2 N–H and O–H groups in total. The zero-order valence-electron chi connectivity index (χ0n) is 10.3. The van der Waals surface area contributed by atoms with Gasteiger partial charge in [0.25, 0.3) is 0 Å². The third-order valence-corrected chi connectivity index (χ3v) is 3.94. The topological polar surface area (TPSA) is 37.0 Å². The van der Waals surface area contributed by atoms with Crippen molar-refractivity contribution in [2.24, 2.45) is 0 Å². The Balaban J connectivity index is 2.10. The first-order valence-electron chi connectivity index (χ1n) is 5.85. The van der Waals surface area contributed by atoms with Crippen molar-refractivity contribution < 1.29 is 9.13 Å². The van der Waals surface area contributed by atoms with E-state index in [4.69, 9.17) is 4.74 Å². The number of hydrogen-bond acceptors (Lipinski definition) is 2. The lowest BCUT2D eigenvalue weighted by molar-refractivity contribution is 0.414. The summed E-state index contributed by atoms with van der Waals surface area (Å²) in [7, 11) is 1.63. The molecule has 1 aromatic carbocycles. The highest BCUT2D eigenvalue weighted by Gasteiger charge is 2.21. The summed E-state index contributed by atoms with van der Waals surface area (Å²) in [5.74, 6) is 0.514. The Kier molecular flexibility index (Phi) is 3.06. The number of benzene rings is 1. The van der Waals surface area contributed by atoms with Gasteiger partial charge in [0.05, 0.1) is 17.3 Å². The number of aromatic nitrogens is 1. The van der Waals surface area contributed by atoms with Crippen molar-refractivity contribution in [3.05, 3.63) is 45.9 Å². The van der Waals surface area contributed by atoms with Crippen molar-refractivity contribution >= 4 is 33.3 Å². The van der Waals surface area contributed by atoms with Gasteiger partial charge in [-0.05, 0) is 45.8 Å².